The smallest absolute Gasteiger partial charge is 0.243 e. The van der Waals surface area contributed by atoms with E-state index in [0.717, 1.165) is 17.5 Å². The highest BCUT2D eigenvalue weighted by atomic mass is 35.5. The van der Waals surface area contributed by atoms with Crippen molar-refractivity contribution >= 4 is 35.0 Å². The highest BCUT2D eigenvalue weighted by Crippen LogP contribution is 2.20. The van der Waals surface area contributed by atoms with Crippen LogP contribution in [0.1, 0.15) is 44.2 Å². The highest BCUT2D eigenvalue weighted by Gasteiger charge is 2.30. The van der Waals surface area contributed by atoms with Crippen LogP contribution in [0.3, 0.4) is 0 Å². The zero-order valence-corrected chi connectivity index (χ0v) is 22.8. The Labute approximate surface area is 229 Å². The lowest BCUT2D eigenvalue weighted by atomic mass is 10.0. The van der Waals surface area contributed by atoms with E-state index in [1.165, 1.54) is 0 Å². The van der Waals surface area contributed by atoms with Gasteiger partial charge in [-0.2, -0.15) is 0 Å². The van der Waals surface area contributed by atoms with Crippen molar-refractivity contribution in [3.8, 4) is 5.75 Å². The summed E-state index contributed by atoms with van der Waals surface area (Å²) in [6.07, 6.45) is 1.97. The van der Waals surface area contributed by atoms with Crippen LogP contribution in [0, 0.1) is 0 Å². The first-order valence-corrected chi connectivity index (χ1v) is 13.4. The molecule has 5 nitrogen and oxygen atoms in total. The number of hydrogen-bond donors (Lipinski definition) is 1. The van der Waals surface area contributed by atoms with Crippen molar-refractivity contribution in [1.29, 1.82) is 0 Å². The molecular weight excluding hydrogens is 507 g/mol. The molecule has 3 rings (SSSR count). The number of nitrogens with one attached hydrogen (secondary N) is 1. The summed E-state index contributed by atoms with van der Waals surface area (Å²) in [6, 6.07) is 23.6. The van der Waals surface area contributed by atoms with Crippen LogP contribution in [0.4, 0.5) is 0 Å². The topological polar surface area (TPSA) is 58.6 Å². The molecule has 0 aromatic heterocycles. The first-order valence-electron chi connectivity index (χ1n) is 12.6. The first kappa shape index (κ1) is 28.5. The monoisotopic (exact) mass is 540 g/mol. The van der Waals surface area contributed by atoms with Gasteiger partial charge in [-0.05, 0) is 67.3 Å². The molecule has 2 amide bonds. The third-order valence-corrected chi connectivity index (χ3v) is 6.62. The molecule has 0 aliphatic carbocycles. The van der Waals surface area contributed by atoms with Crippen molar-refractivity contribution in [2.75, 3.05) is 6.61 Å². The van der Waals surface area contributed by atoms with Gasteiger partial charge in [0, 0.05) is 35.5 Å². The standard InChI is InChI=1S/C30H34Cl2N2O3/c1-3-22(2)33-30(36)28(20-23-9-5-4-6-10-23)34(21-24-11-7-12-26(32)19-24)29(35)13-8-18-37-27-16-14-25(31)15-17-27/h4-7,9-12,14-17,19,22,28H,3,8,13,18,20-21H2,1-2H3,(H,33,36)/t22-,28-/m1/s1. The quantitative estimate of drug-likeness (QED) is 0.245. The minimum absolute atomic E-state index is 0.00155. The summed E-state index contributed by atoms with van der Waals surface area (Å²) < 4.78 is 5.77. The van der Waals surface area contributed by atoms with Gasteiger partial charge in [0.15, 0.2) is 0 Å². The number of rotatable bonds is 13. The zero-order valence-electron chi connectivity index (χ0n) is 21.3. The number of benzene rings is 3. The maximum absolute atomic E-state index is 13.6. The second-order valence-electron chi connectivity index (χ2n) is 9.08. The van der Waals surface area contributed by atoms with Crippen LogP contribution < -0.4 is 10.1 Å². The Morgan fingerprint density at radius 2 is 1.62 bits per heavy atom. The number of nitrogens with zero attached hydrogens (tertiary/aromatic N) is 1. The molecule has 0 heterocycles. The number of amides is 2. The SMILES string of the molecule is CC[C@@H](C)NC(=O)[C@@H](Cc1ccccc1)N(Cc1cccc(Cl)c1)C(=O)CCCOc1ccc(Cl)cc1. The number of carbonyl (C=O) groups excluding carboxylic acids is 2. The molecule has 37 heavy (non-hydrogen) atoms. The van der Waals surface area contributed by atoms with Crippen LogP contribution in [0.2, 0.25) is 10.0 Å². The number of hydrogen-bond acceptors (Lipinski definition) is 3. The van der Waals surface area contributed by atoms with E-state index < -0.39 is 6.04 Å². The predicted octanol–water partition coefficient (Wildman–Crippen LogP) is 6.71. The van der Waals surface area contributed by atoms with E-state index >= 15 is 0 Å². The molecule has 7 heteroatoms. The van der Waals surface area contributed by atoms with Gasteiger partial charge in [0.25, 0.3) is 0 Å². The van der Waals surface area contributed by atoms with E-state index in [1.54, 1.807) is 35.2 Å². The van der Waals surface area contributed by atoms with Gasteiger partial charge in [0.1, 0.15) is 11.8 Å². The van der Waals surface area contributed by atoms with E-state index in [-0.39, 0.29) is 30.8 Å². The molecule has 0 fully saturated rings. The van der Waals surface area contributed by atoms with E-state index in [0.29, 0.717) is 35.2 Å². The Balaban J connectivity index is 1.79. The third-order valence-electron chi connectivity index (χ3n) is 6.13. The molecule has 196 valence electrons. The van der Waals surface area contributed by atoms with Gasteiger partial charge < -0.3 is 15.0 Å². The Morgan fingerprint density at radius 1 is 0.919 bits per heavy atom. The minimum atomic E-state index is -0.667. The van der Waals surface area contributed by atoms with E-state index in [9.17, 15) is 9.59 Å². The van der Waals surface area contributed by atoms with Gasteiger partial charge >= 0.3 is 0 Å². The summed E-state index contributed by atoms with van der Waals surface area (Å²) in [7, 11) is 0. The fraction of sp³-hybridized carbons (Fsp3) is 0.333. The van der Waals surface area contributed by atoms with Crippen molar-refractivity contribution in [3.05, 3.63) is 100 Å². The lowest BCUT2D eigenvalue weighted by molar-refractivity contribution is -0.141. The lowest BCUT2D eigenvalue weighted by Gasteiger charge is -2.32. The number of ether oxygens (including phenoxy) is 1. The lowest BCUT2D eigenvalue weighted by Crippen LogP contribution is -2.52. The maximum Gasteiger partial charge on any atom is 0.243 e. The van der Waals surface area contributed by atoms with E-state index in [4.69, 9.17) is 27.9 Å². The van der Waals surface area contributed by atoms with Gasteiger partial charge in [-0.3, -0.25) is 9.59 Å². The molecule has 0 spiro atoms. The third kappa shape index (κ3) is 9.42. The van der Waals surface area contributed by atoms with Crippen molar-refractivity contribution in [2.45, 2.75) is 58.2 Å². The molecule has 0 saturated carbocycles. The summed E-state index contributed by atoms with van der Waals surface area (Å²) in [5.74, 6) is 0.424. The minimum Gasteiger partial charge on any atom is -0.494 e. The van der Waals surface area contributed by atoms with Gasteiger partial charge in [-0.15, -0.1) is 0 Å². The van der Waals surface area contributed by atoms with Gasteiger partial charge in [-0.1, -0.05) is 72.6 Å². The number of halogens is 2. The normalized spacial score (nSPS) is 12.4. The molecule has 1 N–H and O–H groups in total. The average Bonchev–Trinajstić information content (AvgIpc) is 2.90. The van der Waals surface area contributed by atoms with Crippen LogP contribution in [0.5, 0.6) is 5.75 Å². The predicted molar refractivity (Wildman–Crippen MR) is 150 cm³/mol. The highest BCUT2D eigenvalue weighted by molar-refractivity contribution is 6.30. The summed E-state index contributed by atoms with van der Waals surface area (Å²) in [5.41, 5.74) is 1.86. The summed E-state index contributed by atoms with van der Waals surface area (Å²) in [6.45, 7) is 4.64. The second-order valence-corrected chi connectivity index (χ2v) is 9.95. The van der Waals surface area contributed by atoms with Gasteiger partial charge in [0.2, 0.25) is 11.8 Å². The van der Waals surface area contributed by atoms with E-state index in [1.807, 2.05) is 62.4 Å². The van der Waals surface area contributed by atoms with Gasteiger partial charge in [0.05, 0.1) is 6.61 Å². The average molecular weight is 542 g/mol. The Hall–Kier alpha value is -3.02. The van der Waals surface area contributed by atoms with Crippen LogP contribution in [-0.4, -0.2) is 35.4 Å². The van der Waals surface area contributed by atoms with Crippen LogP contribution >= 0.6 is 23.2 Å². The summed E-state index contributed by atoms with van der Waals surface area (Å²) in [4.78, 5) is 28.8. The maximum atomic E-state index is 13.6. The van der Waals surface area contributed by atoms with Crippen molar-refractivity contribution < 1.29 is 14.3 Å². The molecule has 0 aliphatic rings. The molecule has 0 radical (unpaired) electrons. The summed E-state index contributed by atoms with van der Waals surface area (Å²) >= 11 is 12.2. The van der Waals surface area contributed by atoms with Crippen LogP contribution in [-0.2, 0) is 22.6 Å². The van der Waals surface area contributed by atoms with Gasteiger partial charge in [-0.25, -0.2) is 0 Å². The Morgan fingerprint density at radius 3 is 2.30 bits per heavy atom. The molecule has 0 unspecified atom stereocenters. The van der Waals surface area contributed by atoms with E-state index in [2.05, 4.69) is 5.32 Å². The Kier molecular flexibility index (Phi) is 11.3. The van der Waals surface area contributed by atoms with Crippen molar-refractivity contribution in [3.63, 3.8) is 0 Å². The van der Waals surface area contributed by atoms with Crippen molar-refractivity contribution in [2.24, 2.45) is 0 Å². The number of carbonyl (C=O) groups is 2. The second kappa shape index (κ2) is 14.7. The molecule has 0 aliphatic heterocycles. The van der Waals surface area contributed by atoms with Crippen LogP contribution in [0.15, 0.2) is 78.9 Å². The fourth-order valence-electron chi connectivity index (χ4n) is 3.91. The van der Waals surface area contributed by atoms with Crippen LogP contribution in [0.25, 0.3) is 0 Å². The molecule has 3 aromatic carbocycles. The largest absolute Gasteiger partial charge is 0.494 e. The first-order chi connectivity index (χ1) is 17.9. The van der Waals surface area contributed by atoms with Crippen molar-refractivity contribution in [1.82, 2.24) is 10.2 Å². The molecule has 2 atom stereocenters. The molecule has 3 aromatic rings. The Bertz CT molecular complexity index is 1140. The molecular formula is C30H34Cl2N2O3. The molecule has 0 saturated heterocycles. The fourth-order valence-corrected chi connectivity index (χ4v) is 4.25. The summed E-state index contributed by atoms with van der Waals surface area (Å²) in [5, 5.41) is 4.31. The zero-order chi connectivity index (χ0) is 26.6. The molecule has 0 bridgehead atoms.